The van der Waals surface area contributed by atoms with Crippen LogP contribution in [0, 0.1) is 0 Å². The van der Waals surface area contributed by atoms with Crippen molar-refractivity contribution in [1.29, 1.82) is 0 Å². The van der Waals surface area contributed by atoms with Crippen molar-refractivity contribution >= 4 is 29.2 Å². The highest BCUT2D eigenvalue weighted by Gasteiger charge is 2.14. The third-order valence-corrected chi connectivity index (χ3v) is 3.82. The molecule has 1 aromatic heterocycles. The van der Waals surface area contributed by atoms with Crippen LogP contribution in [0.3, 0.4) is 0 Å². The number of aromatic nitrogens is 1. The number of rotatable bonds is 4. The SMILES string of the molecule is CCSc1ccc(C(O)c2cc(Cl)cnc2N)cc1. The molecule has 0 radical (unpaired) electrons. The monoisotopic (exact) mass is 294 g/mol. The van der Waals surface area contributed by atoms with Crippen molar-refractivity contribution in [2.75, 3.05) is 11.5 Å². The Hall–Kier alpha value is -1.23. The van der Waals surface area contributed by atoms with Gasteiger partial charge in [0.05, 0.1) is 5.02 Å². The largest absolute Gasteiger partial charge is 0.384 e. The quantitative estimate of drug-likeness (QED) is 0.847. The van der Waals surface area contributed by atoms with Gasteiger partial charge in [-0.05, 0) is 29.5 Å². The van der Waals surface area contributed by atoms with Gasteiger partial charge in [-0.1, -0.05) is 30.7 Å². The van der Waals surface area contributed by atoms with Gasteiger partial charge in [0.15, 0.2) is 0 Å². The summed E-state index contributed by atoms with van der Waals surface area (Å²) in [5.74, 6) is 1.32. The van der Waals surface area contributed by atoms with E-state index in [4.69, 9.17) is 17.3 Å². The molecule has 2 aromatic rings. The van der Waals surface area contributed by atoms with Crippen molar-refractivity contribution < 1.29 is 5.11 Å². The van der Waals surface area contributed by atoms with Gasteiger partial charge in [-0.25, -0.2) is 4.98 Å². The third kappa shape index (κ3) is 3.41. The molecule has 2 rings (SSSR count). The van der Waals surface area contributed by atoms with Crippen LogP contribution >= 0.6 is 23.4 Å². The highest BCUT2D eigenvalue weighted by atomic mass is 35.5. The molecule has 0 aliphatic heterocycles. The van der Waals surface area contributed by atoms with E-state index in [0.29, 0.717) is 16.4 Å². The third-order valence-electron chi connectivity index (χ3n) is 2.72. The number of aliphatic hydroxyl groups excluding tert-OH is 1. The highest BCUT2D eigenvalue weighted by Crippen LogP contribution is 2.29. The van der Waals surface area contributed by atoms with E-state index in [-0.39, 0.29) is 0 Å². The van der Waals surface area contributed by atoms with Crippen LogP contribution in [0.1, 0.15) is 24.2 Å². The number of aliphatic hydroxyl groups is 1. The Balaban J connectivity index is 2.27. The molecule has 0 bridgehead atoms. The van der Waals surface area contributed by atoms with Crippen LogP contribution in [0.25, 0.3) is 0 Å². The summed E-state index contributed by atoms with van der Waals surface area (Å²) in [5, 5.41) is 10.8. The van der Waals surface area contributed by atoms with E-state index in [1.54, 1.807) is 17.8 Å². The second-order valence-electron chi connectivity index (χ2n) is 4.03. The molecule has 0 amide bonds. The van der Waals surface area contributed by atoms with Gasteiger partial charge in [0.25, 0.3) is 0 Å². The van der Waals surface area contributed by atoms with Crippen LogP contribution in [0.2, 0.25) is 5.02 Å². The van der Waals surface area contributed by atoms with Crippen LogP contribution in [0.4, 0.5) is 5.82 Å². The zero-order valence-electron chi connectivity index (χ0n) is 10.5. The lowest BCUT2D eigenvalue weighted by Crippen LogP contribution is -2.05. The van der Waals surface area contributed by atoms with Gasteiger partial charge < -0.3 is 10.8 Å². The van der Waals surface area contributed by atoms with E-state index in [0.717, 1.165) is 11.3 Å². The molecule has 0 saturated heterocycles. The minimum atomic E-state index is -0.813. The summed E-state index contributed by atoms with van der Waals surface area (Å²) >= 11 is 7.64. The number of halogens is 1. The second-order valence-corrected chi connectivity index (χ2v) is 5.81. The van der Waals surface area contributed by atoms with E-state index >= 15 is 0 Å². The highest BCUT2D eigenvalue weighted by molar-refractivity contribution is 7.99. The maximum Gasteiger partial charge on any atom is 0.129 e. The molecule has 0 aliphatic rings. The van der Waals surface area contributed by atoms with Gasteiger partial charge in [0, 0.05) is 16.7 Å². The predicted octanol–water partition coefficient (Wildman–Crippen LogP) is 3.51. The number of nitrogens with two attached hydrogens (primary N) is 1. The maximum atomic E-state index is 10.3. The van der Waals surface area contributed by atoms with Crippen LogP contribution in [-0.4, -0.2) is 15.8 Å². The van der Waals surface area contributed by atoms with E-state index < -0.39 is 6.10 Å². The molecule has 1 aromatic carbocycles. The molecule has 0 spiro atoms. The maximum absolute atomic E-state index is 10.3. The number of pyridine rings is 1. The first-order chi connectivity index (χ1) is 9.11. The topological polar surface area (TPSA) is 59.1 Å². The molecule has 0 fully saturated rings. The standard InChI is InChI=1S/C14H15ClN2OS/c1-2-19-11-5-3-9(4-6-11)13(18)12-7-10(15)8-17-14(12)16/h3-8,13,18H,2H2,1H3,(H2,16,17). The number of nitrogen functional groups attached to an aromatic ring is 1. The Morgan fingerprint density at radius 1 is 1.37 bits per heavy atom. The molecule has 100 valence electrons. The molecule has 5 heteroatoms. The summed E-state index contributed by atoms with van der Waals surface area (Å²) < 4.78 is 0. The first kappa shape index (κ1) is 14.2. The summed E-state index contributed by atoms with van der Waals surface area (Å²) in [6, 6.07) is 9.40. The Labute approximate surface area is 121 Å². The van der Waals surface area contributed by atoms with E-state index in [1.165, 1.54) is 11.1 Å². The molecule has 0 saturated carbocycles. The first-order valence-electron chi connectivity index (χ1n) is 5.93. The lowest BCUT2D eigenvalue weighted by Gasteiger charge is -2.14. The van der Waals surface area contributed by atoms with Crippen molar-refractivity contribution in [2.45, 2.75) is 17.9 Å². The molecule has 19 heavy (non-hydrogen) atoms. The zero-order chi connectivity index (χ0) is 13.8. The number of benzene rings is 1. The van der Waals surface area contributed by atoms with Gasteiger partial charge in [-0.2, -0.15) is 0 Å². The molecule has 1 atom stereocenters. The molecule has 3 nitrogen and oxygen atoms in total. The minimum Gasteiger partial charge on any atom is -0.384 e. The Bertz CT molecular complexity index is 560. The van der Waals surface area contributed by atoms with Crippen molar-refractivity contribution in [3.8, 4) is 0 Å². The molecule has 1 heterocycles. The number of nitrogens with zero attached hydrogens (tertiary/aromatic N) is 1. The van der Waals surface area contributed by atoms with Crippen LogP contribution < -0.4 is 5.73 Å². The van der Waals surface area contributed by atoms with Crippen LogP contribution in [0.5, 0.6) is 0 Å². The average Bonchev–Trinajstić information content (AvgIpc) is 2.42. The summed E-state index contributed by atoms with van der Waals surface area (Å²) in [6.07, 6.45) is 0.653. The van der Waals surface area contributed by atoms with Gasteiger partial charge in [-0.3, -0.25) is 0 Å². The number of hydrogen-bond donors (Lipinski definition) is 2. The number of thioether (sulfide) groups is 1. The van der Waals surface area contributed by atoms with Crippen molar-refractivity contribution in [3.63, 3.8) is 0 Å². The lowest BCUT2D eigenvalue weighted by atomic mass is 10.0. The van der Waals surface area contributed by atoms with Gasteiger partial charge in [-0.15, -0.1) is 11.8 Å². The predicted molar refractivity (Wildman–Crippen MR) is 80.6 cm³/mol. The Kier molecular flexibility index (Phi) is 4.69. The van der Waals surface area contributed by atoms with Crippen molar-refractivity contribution in [1.82, 2.24) is 4.98 Å². The summed E-state index contributed by atoms with van der Waals surface area (Å²) in [5.41, 5.74) is 7.08. The van der Waals surface area contributed by atoms with Crippen LogP contribution in [0.15, 0.2) is 41.4 Å². The van der Waals surface area contributed by atoms with Gasteiger partial charge >= 0.3 is 0 Å². The normalized spacial score (nSPS) is 12.4. The fraction of sp³-hybridized carbons (Fsp3) is 0.214. The van der Waals surface area contributed by atoms with Crippen molar-refractivity contribution in [2.24, 2.45) is 0 Å². The second kappa shape index (κ2) is 6.28. The van der Waals surface area contributed by atoms with Gasteiger partial charge in [0.2, 0.25) is 0 Å². The molecular formula is C14H15ClN2OS. The molecular weight excluding hydrogens is 280 g/mol. The smallest absolute Gasteiger partial charge is 0.129 e. The minimum absolute atomic E-state index is 0.295. The molecule has 3 N–H and O–H groups in total. The first-order valence-corrected chi connectivity index (χ1v) is 7.30. The Morgan fingerprint density at radius 3 is 2.68 bits per heavy atom. The lowest BCUT2D eigenvalue weighted by molar-refractivity contribution is 0.220. The fourth-order valence-corrected chi connectivity index (χ4v) is 2.61. The fourth-order valence-electron chi connectivity index (χ4n) is 1.78. The molecule has 0 aliphatic carbocycles. The van der Waals surface area contributed by atoms with Crippen LogP contribution in [-0.2, 0) is 0 Å². The zero-order valence-corrected chi connectivity index (χ0v) is 12.1. The number of anilines is 1. The average molecular weight is 295 g/mol. The Morgan fingerprint density at radius 2 is 2.05 bits per heavy atom. The number of hydrogen-bond acceptors (Lipinski definition) is 4. The molecule has 1 unspecified atom stereocenters. The summed E-state index contributed by atoms with van der Waals surface area (Å²) in [6.45, 7) is 2.10. The van der Waals surface area contributed by atoms with E-state index in [1.807, 2.05) is 24.3 Å². The summed E-state index contributed by atoms with van der Waals surface area (Å²) in [4.78, 5) is 5.13. The van der Waals surface area contributed by atoms with Gasteiger partial charge in [0.1, 0.15) is 11.9 Å². The van der Waals surface area contributed by atoms with Crippen molar-refractivity contribution in [3.05, 3.63) is 52.7 Å². The van der Waals surface area contributed by atoms with E-state index in [9.17, 15) is 5.11 Å². The summed E-state index contributed by atoms with van der Waals surface area (Å²) in [7, 11) is 0. The van der Waals surface area contributed by atoms with E-state index in [2.05, 4.69) is 11.9 Å².